The number of hydrogen-bond acceptors (Lipinski definition) is 4. The van der Waals surface area contributed by atoms with Crippen LogP contribution in [0.25, 0.3) is 11.1 Å². The molecule has 0 aliphatic heterocycles. The zero-order valence-corrected chi connectivity index (χ0v) is 15.4. The minimum absolute atomic E-state index is 0.0328. The SMILES string of the molecule is COc1ccc(-c2ccccc2)cc1CS(=O)(=O)c1cccc(C(=O)O)c1. The lowest BCUT2D eigenvalue weighted by Crippen LogP contribution is -2.08. The van der Waals surface area contributed by atoms with Crippen molar-refractivity contribution in [3.63, 3.8) is 0 Å². The van der Waals surface area contributed by atoms with Crippen LogP contribution in [-0.2, 0) is 15.6 Å². The van der Waals surface area contributed by atoms with Crippen molar-refractivity contribution in [2.24, 2.45) is 0 Å². The molecule has 0 unspecified atom stereocenters. The van der Waals surface area contributed by atoms with Gasteiger partial charge in [0.2, 0.25) is 0 Å². The minimum atomic E-state index is -3.74. The predicted octanol–water partition coefficient (Wildman–Crippen LogP) is 4.03. The summed E-state index contributed by atoms with van der Waals surface area (Å²) in [6.07, 6.45) is 0. The molecule has 0 heterocycles. The second kappa shape index (κ2) is 7.63. The van der Waals surface area contributed by atoms with E-state index in [1.54, 1.807) is 12.1 Å². The molecule has 0 spiro atoms. The first-order valence-electron chi connectivity index (χ1n) is 8.19. The van der Waals surface area contributed by atoms with Gasteiger partial charge in [0.25, 0.3) is 0 Å². The Balaban J connectivity index is 2.01. The standard InChI is InChI=1S/C21H18O5S/c1-26-20-11-10-16(15-6-3-2-4-7-15)12-18(20)14-27(24,25)19-9-5-8-17(13-19)21(22)23/h2-13H,14H2,1H3,(H,22,23). The molecule has 0 aliphatic carbocycles. The third-order valence-corrected chi connectivity index (χ3v) is 5.84. The Hall–Kier alpha value is -3.12. The van der Waals surface area contributed by atoms with E-state index in [2.05, 4.69) is 0 Å². The van der Waals surface area contributed by atoms with Gasteiger partial charge >= 0.3 is 5.97 Å². The van der Waals surface area contributed by atoms with E-state index in [1.165, 1.54) is 31.4 Å². The predicted molar refractivity (Wildman–Crippen MR) is 103 cm³/mol. The largest absolute Gasteiger partial charge is 0.496 e. The number of carbonyl (C=O) groups is 1. The van der Waals surface area contributed by atoms with Crippen LogP contribution in [0.15, 0.2) is 77.7 Å². The molecule has 0 amide bonds. The molecule has 0 aliphatic rings. The molecule has 0 bridgehead atoms. The van der Waals surface area contributed by atoms with E-state index in [1.807, 2.05) is 36.4 Å². The Labute approximate surface area is 157 Å². The Kier molecular flexibility index (Phi) is 5.28. The summed E-state index contributed by atoms with van der Waals surface area (Å²) in [6.45, 7) is 0. The summed E-state index contributed by atoms with van der Waals surface area (Å²) in [5.41, 5.74) is 2.29. The molecule has 5 nitrogen and oxygen atoms in total. The smallest absolute Gasteiger partial charge is 0.335 e. The number of rotatable bonds is 6. The van der Waals surface area contributed by atoms with Crippen molar-refractivity contribution in [2.75, 3.05) is 7.11 Å². The fourth-order valence-electron chi connectivity index (χ4n) is 2.81. The van der Waals surface area contributed by atoms with Crippen molar-refractivity contribution in [3.8, 4) is 16.9 Å². The zero-order chi connectivity index (χ0) is 19.4. The number of ether oxygens (including phenoxy) is 1. The van der Waals surface area contributed by atoms with Crippen molar-refractivity contribution >= 4 is 15.8 Å². The van der Waals surface area contributed by atoms with Crippen LogP contribution in [0, 0.1) is 0 Å². The Morgan fingerprint density at radius 3 is 2.33 bits per heavy atom. The lowest BCUT2D eigenvalue weighted by atomic mass is 10.0. The maximum absolute atomic E-state index is 12.8. The monoisotopic (exact) mass is 382 g/mol. The van der Waals surface area contributed by atoms with Gasteiger partial charge in [-0.1, -0.05) is 42.5 Å². The highest BCUT2D eigenvalue weighted by molar-refractivity contribution is 7.90. The lowest BCUT2D eigenvalue weighted by Gasteiger charge is -2.12. The normalized spacial score (nSPS) is 11.1. The third kappa shape index (κ3) is 4.17. The quantitative estimate of drug-likeness (QED) is 0.696. The molecule has 0 fully saturated rings. The molecule has 0 radical (unpaired) electrons. The number of aromatic carboxylic acids is 1. The fourth-order valence-corrected chi connectivity index (χ4v) is 4.21. The molecule has 27 heavy (non-hydrogen) atoms. The van der Waals surface area contributed by atoms with Crippen molar-refractivity contribution < 1.29 is 23.1 Å². The zero-order valence-electron chi connectivity index (χ0n) is 14.6. The molecule has 1 N–H and O–H groups in total. The Morgan fingerprint density at radius 1 is 0.926 bits per heavy atom. The summed E-state index contributed by atoms with van der Waals surface area (Å²) in [7, 11) is -2.26. The van der Waals surface area contributed by atoms with Gasteiger partial charge in [-0.15, -0.1) is 0 Å². The summed E-state index contributed by atoms with van der Waals surface area (Å²) in [4.78, 5) is 11.1. The van der Waals surface area contributed by atoms with E-state index in [0.29, 0.717) is 11.3 Å². The minimum Gasteiger partial charge on any atom is -0.496 e. The summed E-state index contributed by atoms with van der Waals surface area (Å²) in [6, 6.07) is 20.4. The molecular weight excluding hydrogens is 364 g/mol. The van der Waals surface area contributed by atoms with Crippen molar-refractivity contribution in [3.05, 3.63) is 83.9 Å². The van der Waals surface area contributed by atoms with Crippen LogP contribution in [0.4, 0.5) is 0 Å². The number of methoxy groups -OCH3 is 1. The van der Waals surface area contributed by atoms with Gasteiger partial charge in [0.05, 0.1) is 23.3 Å². The van der Waals surface area contributed by atoms with E-state index < -0.39 is 15.8 Å². The number of carboxylic acids is 1. The molecule has 0 saturated carbocycles. The third-order valence-electron chi connectivity index (χ3n) is 4.17. The van der Waals surface area contributed by atoms with E-state index in [9.17, 15) is 13.2 Å². The van der Waals surface area contributed by atoms with Crippen LogP contribution in [0.1, 0.15) is 15.9 Å². The van der Waals surface area contributed by atoms with Gasteiger partial charge in [-0.2, -0.15) is 0 Å². The molecule has 138 valence electrons. The average Bonchev–Trinajstić information content (AvgIpc) is 2.68. The van der Waals surface area contributed by atoms with Gasteiger partial charge in [0, 0.05) is 5.56 Å². The van der Waals surface area contributed by atoms with Crippen molar-refractivity contribution in [2.45, 2.75) is 10.6 Å². The maximum atomic E-state index is 12.8. The van der Waals surface area contributed by atoms with Gasteiger partial charge in [-0.25, -0.2) is 13.2 Å². The van der Waals surface area contributed by atoms with Gasteiger partial charge < -0.3 is 9.84 Å². The number of carboxylic acid groups (broad SMARTS) is 1. The summed E-state index contributed by atoms with van der Waals surface area (Å²) < 4.78 is 31.0. The number of benzene rings is 3. The van der Waals surface area contributed by atoms with E-state index in [0.717, 1.165) is 11.1 Å². The Bertz CT molecular complexity index is 1070. The molecule has 0 saturated heterocycles. The summed E-state index contributed by atoms with van der Waals surface area (Å²) in [5, 5.41) is 9.09. The first-order chi connectivity index (χ1) is 12.9. The number of hydrogen-bond donors (Lipinski definition) is 1. The molecular formula is C21H18O5S. The second-order valence-electron chi connectivity index (χ2n) is 5.98. The molecule has 3 rings (SSSR count). The summed E-state index contributed by atoms with van der Waals surface area (Å²) in [5.74, 6) is -0.997. The van der Waals surface area contributed by atoms with Gasteiger partial charge in [0.1, 0.15) is 5.75 Å². The highest BCUT2D eigenvalue weighted by atomic mass is 32.2. The fraction of sp³-hybridized carbons (Fsp3) is 0.0952. The number of sulfone groups is 1. The second-order valence-corrected chi connectivity index (χ2v) is 7.97. The summed E-state index contributed by atoms with van der Waals surface area (Å²) >= 11 is 0. The Morgan fingerprint density at radius 2 is 1.67 bits per heavy atom. The average molecular weight is 382 g/mol. The van der Waals surface area contributed by atoms with Crippen LogP contribution in [0.2, 0.25) is 0 Å². The van der Waals surface area contributed by atoms with Gasteiger partial charge in [0.15, 0.2) is 9.84 Å². The molecule has 6 heteroatoms. The highest BCUT2D eigenvalue weighted by Crippen LogP contribution is 2.29. The van der Waals surface area contributed by atoms with Gasteiger partial charge in [-0.3, -0.25) is 0 Å². The molecule has 0 atom stereocenters. The first-order valence-corrected chi connectivity index (χ1v) is 9.84. The van der Waals surface area contributed by atoms with Crippen molar-refractivity contribution in [1.82, 2.24) is 0 Å². The van der Waals surface area contributed by atoms with Crippen LogP contribution in [0.3, 0.4) is 0 Å². The first kappa shape index (κ1) is 18.7. The molecule has 3 aromatic carbocycles. The highest BCUT2D eigenvalue weighted by Gasteiger charge is 2.20. The maximum Gasteiger partial charge on any atom is 0.335 e. The van der Waals surface area contributed by atoms with Crippen molar-refractivity contribution in [1.29, 1.82) is 0 Å². The van der Waals surface area contributed by atoms with E-state index in [4.69, 9.17) is 9.84 Å². The van der Waals surface area contributed by atoms with Crippen LogP contribution < -0.4 is 4.74 Å². The van der Waals surface area contributed by atoms with Crippen LogP contribution in [-0.4, -0.2) is 26.6 Å². The lowest BCUT2D eigenvalue weighted by molar-refractivity contribution is 0.0696. The van der Waals surface area contributed by atoms with E-state index in [-0.39, 0.29) is 16.2 Å². The van der Waals surface area contributed by atoms with Gasteiger partial charge in [-0.05, 0) is 41.5 Å². The van der Waals surface area contributed by atoms with Crippen LogP contribution in [0.5, 0.6) is 5.75 Å². The van der Waals surface area contributed by atoms with E-state index >= 15 is 0 Å². The van der Waals surface area contributed by atoms with Crippen LogP contribution >= 0.6 is 0 Å². The molecule has 0 aromatic heterocycles. The molecule has 3 aromatic rings. The topological polar surface area (TPSA) is 80.7 Å².